The molecule has 4 rings (SSSR count). The zero-order chi connectivity index (χ0) is 23.9. The molecule has 0 aliphatic carbocycles. The molecule has 0 unspecified atom stereocenters. The van der Waals surface area contributed by atoms with Crippen LogP contribution >= 0.6 is 11.8 Å². The number of hydrogen-bond donors (Lipinski definition) is 1. The fraction of sp³-hybridized carbons (Fsp3) is 0.423. The van der Waals surface area contributed by atoms with Crippen LogP contribution < -0.4 is 10.2 Å². The highest BCUT2D eigenvalue weighted by Crippen LogP contribution is 2.31. The summed E-state index contributed by atoms with van der Waals surface area (Å²) in [5.74, 6) is 0.792. The molecule has 0 bridgehead atoms. The van der Waals surface area contributed by atoms with E-state index in [1.165, 1.54) is 11.8 Å². The van der Waals surface area contributed by atoms with Crippen LogP contribution in [0.25, 0.3) is 5.69 Å². The van der Waals surface area contributed by atoms with Gasteiger partial charge in [0.2, 0.25) is 11.9 Å². The van der Waals surface area contributed by atoms with Crippen LogP contribution in [0.4, 0.5) is 5.95 Å². The molecule has 3 aromatic rings. The molecule has 1 amide bonds. The van der Waals surface area contributed by atoms with E-state index in [1.54, 1.807) is 0 Å². The number of aromatic nitrogens is 3. The lowest BCUT2D eigenvalue weighted by molar-refractivity contribution is -0.121. The smallest absolute Gasteiger partial charge is 0.233 e. The Kier molecular flexibility index (Phi) is 8.24. The highest BCUT2D eigenvalue weighted by molar-refractivity contribution is 8.00. The highest BCUT2D eigenvalue weighted by atomic mass is 32.2. The Balaban J connectivity index is 1.57. The van der Waals surface area contributed by atoms with Gasteiger partial charge >= 0.3 is 0 Å². The van der Waals surface area contributed by atoms with Gasteiger partial charge in [0, 0.05) is 13.1 Å². The normalized spacial score (nSPS) is 15.7. The molecule has 1 aliphatic heterocycles. The van der Waals surface area contributed by atoms with Gasteiger partial charge in [0.05, 0.1) is 30.2 Å². The van der Waals surface area contributed by atoms with Gasteiger partial charge in [-0.3, -0.25) is 9.36 Å². The summed E-state index contributed by atoms with van der Waals surface area (Å²) in [6, 6.07) is 18.4. The Morgan fingerprint density at radius 3 is 2.50 bits per heavy atom. The predicted octanol–water partition coefficient (Wildman–Crippen LogP) is 4.55. The van der Waals surface area contributed by atoms with E-state index in [-0.39, 0.29) is 17.2 Å². The third kappa shape index (κ3) is 5.62. The molecule has 2 heterocycles. The average Bonchev–Trinajstić information content (AvgIpc) is 3.28. The Morgan fingerprint density at radius 1 is 1.09 bits per heavy atom. The summed E-state index contributed by atoms with van der Waals surface area (Å²) in [7, 11) is 0. The van der Waals surface area contributed by atoms with Crippen LogP contribution in [0.15, 0.2) is 59.8 Å². The number of hydrogen-bond acceptors (Lipinski definition) is 6. The quantitative estimate of drug-likeness (QED) is 0.454. The zero-order valence-electron chi connectivity index (χ0n) is 20.1. The summed E-state index contributed by atoms with van der Waals surface area (Å²) >= 11 is 1.44. The van der Waals surface area contributed by atoms with Crippen LogP contribution in [0.5, 0.6) is 0 Å². The first kappa shape index (κ1) is 24.3. The van der Waals surface area contributed by atoms with E-state index in [9.17, 15) is 4.79 Å². The molecular weight excluding hydrogens is 446 g/mol. The molecule has 0 spiro atoms. The number of morpholine rings is 1. The molecule has 1 N–H and O–H groups in total. The number of thioether (sulfide) groups is 1. The average molecular weight is 480 g/mol. The molecule has 180 valence electrons. The van der Waals surface area contributed by atoms with E-state index in [1.807, 2.05) is 37.3 Å². The predicted molar refractivity (Wildman–Crippen MR) is 137 cm³/mol. The number of aryl methyl sites for hydroxylation is 1. The van der Waals surface area contributed by atoms with Gasteiger partial charge in [0.1, 0.15) is 0 Å². The van der Waals surface area contributed by atoms with Crippen molar-refractivity contribution in [1.29, 1.82) is 0 Å². The molecule has 2 aromatic carbocycles. The number of ether oxygens (including phenoxy) is 1. The maximum Gasteiger partial charge on any atom is 0.233 e. The van der Waals surface area contributed by atoms with Crippen molar-refractivity contribution >= 4 is 23.6 Å². The largest absolute Gasteiger partial charge is 0.378 e. The zero-order valence-corrected chi connectivity index (χ0v) is 20.9. The van der Waals surface area contributed by atoms with Crippen molar-refractivity contribution in [2.45, 2.75) is 50.1 Å². The number of amides is 1. The Bertz CT molecular complexity index is 1080. The molecule has 8 heteroatoms. The Morgan fingerprint density at radius 2 is 1.79 bits per heavy atom. The molecule has 1 aliphatic rings. The Hall–Kier alpha value is -2.84. The van der Waals surface area contributed by atoms with Crippen LogP contribution in [0.3, 0.4) is 0 Å². The maximum atomic E-state index is 13.2. The molecule has 34 heavy (non-hydrogen) atoms. The molecule has 7 nitrogen and oxygen atoms in total. The summed E-state index contributed by atoms with van der Waals surface area (Å²) < 4.78 is 7.61. The summed E-state index contributed by atoms with van der Waals surface area (Å²) in [6.45, 7) is 9.01. The van der Waals surface area contributed by atoms with Crippen LogP contribution in [-0.4, -0.2) is 52.2 Å². The molecule has 1 aromatic heterocycles. The number of benzene rings is 2. The first-order valence-electron chi connectivity index (χ1n) is 11.9. The van der Waals surface area contributed by atoms with Gasteiger partial charge in [-0.2, -0.15) is 0 Å². The van der Waals surface area contributed by atoms with Crippen molar-refractivity contribution in [2.75, 3.05) is 31.2 Å². The van der Waals surface area contributed by atoms with Crippen LogP contribution in [0, 0.1) is 6.92 Å². The fourth-order valence-corrected chi connectivity index (χ4v) is 4.99. The molecule has 0 saturated carbocycles. The lowest BCUT2D eigenvalue weighted by atomic mass is 10.0. The number of anilines is 1. The van der Waals surface area contributed by atoms with E-state index < -0.39 is 0 Å². The van der Waals surface area contributed by atoms with Gasteiger partial charge in [-0.15, -0.1) is 10.2 Å². The minimum Gasteiger partial charge on any atom is -0.378 e. The van der Waals surface area contributed by atoms with Crippen molar-refractivity contribution in [3.05, 3.63) is 65.7 Å². The van der Waals surface area contributed by atoms with Crippen molar-refractivity contribution in [2.24, 2.45) is 0 Å². The van der Waals surface area contributed by atoms with E-state index in [0.29, 0.717) is 18.4 Å². The number of nitrogens with one attached hydrogen (secondary N) is 1. The second kappa shape index (κ2) is 11.5. The van der Waals surface area contributed by atoms with Gasteiger partial charge in [-0.25, -0.2) is 0 Å². The number of carbonyl (C=O) groups is 1. The topological polar surface area (TPSA) is 72.3 Å². The molecule has 2 atom stereocenters. The number of rotatable bonds is 9. The van der Waals surface area contributed by atoms with Crippen molar-refractivity contribution < 1.29 is 9.53 Å². The number of para-hydroxylation sites is 1. The number of nitrogens with zero attached hydrogens (tertiary/aromatic N) is 4. The van der Waals surface area contributed by atoms with Crippen molar-refractivity contribution in [3.63, 3.8) is 0 Å². The maximum absolute atomic E-state index is 13.2. The lowest BCUT2D eigenvalue weighted by Gasteiger charge is -2.28. The Labute approximate surface area is 205 Å². The molecule has 1 fully saturated rings. The standard InChI is InChI=1S/C26H33N5O2S/c1-4-10-22(21-12-6-5-7-13-21)27-24(32)20(3)34-26-29-28-25(30-15-17-33-18-16-30)31(26)23-14-9-8-11-19(23)2/h5-9,11-14,20,22H,4,10,15-18H2,1-3H3,(H,27,32)/t20-,22+/m1/s1. The van der Waals surface area contributed by atoms with Crippen molar-refractivity contribution in [1.82, 2.24) is 20.1 Å². The molecule has 0 radical (unpaired) electrons. The van der Waals surface area contributed by atoms with Gasteiger partial charge in [-0.1, -0.05) is 73.6 Å². The monoisotopic (exact) mass is 479 g/mol. The highest BCUT2D eigenvalue weighted by Gasteiger charge is 2.26. The summed E-state index contributed by atoms with van der Waals surface area (Å²) in [6.07, 6.45) is 1.89. The fourth-order valence-electron chi connectivity index (χ4n) is 4.13. The third-order valence-corrected chi connectivity index (χ3v) is 7.06. The second-order valence-electron chi connectivity index (χ2n) is 8.52. The SMILES string of the molecule is CCC[C@H](NC(=O)[C@@H](C)Sc1nnc(N2CCOCC2)n1-c1ccccc1C)c1ccccc1. The van der Waals surface area contributed by atoms with Crippen LogP contribution in [-0.2, 0) is 9.53 Å². The third-order valence-electron chi connectivity index (χ3n) is 6.01. The molecular formula is C26H33N5O2S. The first-order chi connectivity index (χ1) is 16.6. The van der Waals surface area contributed by atoms with E-state index in [4.69, 9.17) is 4.74 Å². The molecule has 1 saturated heterocycles. The van der Waals surface area contributed by atoms with Gasteiger partial charge in [0.15, 0.2) is 5.16 Å². The van der Waals surface area contributed by atoms with Crippen LogP contribution in [0.2, 0.25) is 0 Å². The summed E-state index contributed by atoms with van der Waals surface area (Å²) in [5.41, 5.74) is 3.28. The lowest BCUT2D eigenvalue weighted by Crippen LogP contribution is -2.38. The van der Waals surface area contributed by atoms with E-state index >= 15 is 0 Å². The van der Waals surface area contributed by atoms with Gasteiger partial charge < -0.3 is 15.0 Å². The summed E-state index contributed by atoms with van der Waals surface area (Å²) in [5, 5.41) is 12.7. The van der Waals surface area contributed by atoms with Gasteiger partial charge in [0.25, 0.3) is 0 Å². The van der Waals surface area contributed by atoms with Crippen LogP contribution in [0.1, 0.15) is 43.9 Å². The van der Waals surface area contributed by atoms with E-state index in [2.05, 4.69) is 63.1 Å². The minimum absolute atomic E-state index is 0.0000939. The van der Waals surface area contributed by atoms with E-state index in [0.717, 1.165) is 48.7 Å². The van der Waals surface area contributed by atoms with Crippen molar-refractivity contribution in [3.8, 4) is 5.69 Å². The number of carbonyl (C=O) groups excluding carboxylic acids is 1. The van der Waals surface area contributed by atoms with Gasteiger partial charge in [-0.05, 0) is 37.5 Å². The first-order valence-corrected chi connectivity index (χ1v) is 12.8. The second-order valence-corrected chi connectivity index (χ2v) is 9.83. The summed E-state index contributed by atoms with van der Waals surface area (Å²) in [4.78, 5) is 15.4. The minimum atomic E-state index is -0.326.